The molecule has 3 amide bonds. The van der Waals surface area contributed by atoms with Gasteiger partial charge in [-0.1, -0.05) is 0 Å². The average molecular weight is 304 g/mol. The second-order valence-electron chi connectivity index (χ2n) is 5.85. The molecule has 1 aromatic heterocycles. The Bertz CT molecular complexity index is 619. The fraction of sp³-hybridized carbons (Fsp3) is 0.600. The summed E-state index contributed by atoms with van der Waals surface area (Å²) in [5, 5.41) is 7.25. The Morgan fingerprint density at radius 2 is 1.82 bits per heavy atom. The van der Waals surface area contributed by atoms with Gasteiger partial charge in [0.25, 0.3) is 0 Å². The van der Waals surface area contributed by atoms with Gasteiger partial charge in [-0.2, -0.15) is 5.10 Å². The molecular weight excluding hydrogens is 284 g/mol. The predicted octanol–water partition coefficient (Wildman–Crippen LogP) is 0.0641. The molecule has 0 atom stereocenters. The first kappa shape index (κ1) is 14.7. The zero-order chi connectivity index (χ0) is 15.7. The fourth-order valence-electron chi connectivity index (χ4n) is 3.18. The second-order valence-corrected chi connectivity index (χ2v) is 5.85. The quantitative estimate of drug-likeness (QED) is 0.798. The second kappa shape index (κ2) is 5.90. The Hall–Kier alpha value is -2.18. The minimum absolute atomic E-state index is 0.188. The number of hydrogen-bond donors (Lipinski definition) is 1. The minimum atomic E-state index is -0.321. The van der Waals surface area contributed by atoms with E-state index < -0.39 is 0 Å². The SMILES string of the molecule is Cn1nc(CNC(=O)CN2C(=O)CCC2=O)c2c1CCCC2. The van der Waals surface area contributed by atoms with Gasteiger partial charge in [-0.05, 0) is 31.2 Å². The van der Waals surface area contributed by atoms with E-state index in [0.717, 1.165) is 29.9 Å². The molecule has 1 saturated heterocycles. The van der Waals surface area contributed by atoms with Gasteiger partial charge in [0, 0.05) is 25.6 Å². The molecule has 1 aliphatic carbocycles. The molecule has 2 aliphatic rings. The lowest BCUT2D eigenvalue weighted by Crippen LogP contribution is -2.39. The smallest absolute Gasteiger partial charge is 0.240 e. The predicted molar refractivity (Wildman–Crippen MR) is 77.7 cm³/mol. The van der Waals surface area contributed by atoms with Crippen LogP contribution in [0.4, 0.5) is 0 Å². The maximum Gasteiger partial charge on any atom is 0.240 e. The van der Waals surface area contributed by atoms with E-state index in [9.17, 15) is 14.4 Å². The standard InChI is InChI=1S/C15H20N4O3/c1-18-12-5-3-2-4-10(12)11(17-18)8-16-13(20)9-19-14(21)6-7-15(19)22/h2-9H2,1H3,(H,16,20). The molecule has 0 unspecified atom stereocenters. The number of hydrogen-bond acceptors (Lipinski definition) is 4. The number of carbonyl (C=O) groups is 3. The molecule has 0 spiro atoms. The average Bonchev–Trinajstić information content (AvgIpc) is 3.00. The first-order valence-corrected chi connectivity index (χ1v) is 7.70. The number of nitrogens with zero attached hydrogens (tertiary/aromatic N) is 3. The van der Waals surface area contributed by atoms with Gasteiger partial charge in [-0.15, -0.1) is 0 Å². The van der Waals surface area contributed by atoms with E-state index in [-0.39, 0.29) is 37.1 Å². The van der Waals surface area contributed by atoms with Crippen LogP contribution >= 0.6 is 0 Å². The first-order chi connectivity index (χ1) is 10.6. The Morgan fingerprint density at radius 3 is 2.55 bits per heavy atom. The highest BCUT2D eigenvalue weighted by Gasteiger charge is 2.30. The lowest BCUT2D eigenvalue weighted by atomic mass is 9.96. The summed E-state index contributed by atoms with van der Waals surface area (Å²) in [6.45, 7) is 0.158. The van der Waals surface area contributed by atoms with E-state index in [4.69, 9.17) is 0 Å². The summed E-state index contributed by atoms with van der Waals surface area (Å²) < 4.78 is 1.89. The van der Waals surface area contributed by atoms with Crippen LogP contribution in [0.2, 0.25) is 0 Å². The van der Waals surface area contributed by atoms with Crippen molar-refractivity contribution in [2.75, 3.05) is 6.54 Å². The number of amides is 3. The number of likely N-dealkylation sites (tertiary alicyclic amines) is 1. The Labute approximate surface area is 128 Å². The number of carbonyl (C=O) groups excluding carboxylic acids is 3. The summed E-state index contributed by atoms with van der Waals surface area (Å²) in [5.74, 6) is -0.857. The monoisotopic (exact) mass is 304 g/mol. The van der Waals surface area contributed by atoms with Gasteiger partial charge < -0.3 is 5.32 Å². The number of rotatable bonds is 4. The summed E-state index contributed by atoms with van der Waals surface area (Å²) in [6.07, 6.45) is 4.77. The number of nitrogens with one attached hydrogen (secondary N) is 1. The molecule has 0 aromatic carbocycles. The molecule has 0 bridgehead atoms. The summed E-state index contributed by atoms with van der Waals surface area (Å²) in [5.41, 5.74) is 3.38. The maximum atomic E-state index is 11.9. The summed E-state index contributed by atoms with van der Waals surface area (Å²) in [6, 6.07) is 0. The lowest BCUT2D eigenvalue weighted by molar-refractivity contribution is -0.142. The Balaban J connectivity index is 1.60. The molecule has 7 nitrogen and oxygen atoms in total. The third-order valence-corrected chi connectivity index (χ3v) is 4.36. The molecule has 3 rings (SSSR count). The van der Waals surface area contributed by atoms with E-state index >= 15 is 0 Å². The Morgan fingerprint density at radius 1 is 1.14 bits per heavy atom. The number of aromatic nitrogens is 2. The van der Waals surface area contributed by atoms with Crippen LogP contribution in [0.25, 0.3) is 0 Å². The topological polar surface area (TPSA) is 84.3 Å². The zero-order valence-corrected chi connectivity index (χ0v) is 12.7. The van der Waals surface area contributed by atoms with Crippen molar-refractivity contribution in [1.29, 1.82) is 0 Å². The van der Waals surface area contributed by atoms with E-state index in [2.05, 4.69) is 10.4 Å². The maximum absolute atomic E-state index is 11.9. The highest BCUT2D eigenvalue weighted by molar-refractivity contribution is 6.04. The van der Waals surface area contributed by atoms with Gasteiger partial charge in [0.2, 0.25) is 17.7 Å². The number of fused-ring (bicyclic) bond motifs is 1. The zero-order valence-electron chi connectivity index (χ0n) is 12.7. The van der Waals surface area contributed by atoms with Crippen LogP contribution < -0.4 is 5.32 Å². The molecule has 1 aliphatic heterocycles. The highest BCUT2D eigenvalue weighted by atomic mass is 16.2. The van der Waals surface area contributed by atoms with Crippen LogP contribution in [-0.2, 0) is 40.8 Å². The number of imide groups is 1. The normalized spacial score (nSPS) is 17.8. The fourth-order valence-corrected chi connectivity index (χ4v) is 3.18. The van der Waals surface area contributed by atoms with Crippen LogP contribution in [0.15, 0.2) is 0 Å². The van der Waals surface area contributed by atoms with Crippen molar-refractivity contribution in [2.45, 2.75) is 45.1 Å². The Kier molecular flexibility index (Phi) is 3.96. The molecule has 1 fully saturated rings. The lowest BCUT2D eigenvalue weighted by Gasteiger charge is -2.14. The largest absolute Gasteiger partial charge is 0.349 e. The van der Waals surface area contributed by atoms with Crippen molar-refractivity contribution in [1.82, 2.24) is 20.0 Å². The molecule has 118 valence electrons. The third kappa shape index (κ3) is 2.75. The van der Waals surface area contributed by atoms with Gasteiger partial charge in [-0.3, -0.25) is 24.0 Å². The van der Waals surface area contributed by atoms with Gasteiger partial charge in [-0.25, -0.2) is 0 Å². The summed E-state index contributed by atoms with van der Waals surface area (Å²) in [7, 11) is 1.93. The summed E-state index contributed by atoms with van der Waals surface area (Å²) in [4.78, 5) is 36.0. The van der Waals surface area contributed by atoms with Crippen molar-refractivity contribution in [2.24, 2.45) is 7.05 Å². The van der Waals surface area contributed by atoms with Crippen LogP contribution in [0.3, 0.4) is 0 Å². The molecule has 2 heterocycles. The van der Waals surface area contributed by atoms with Crippen molar-refractivity contribution in [3.63, 3.8) is 0 Å². The molecule has 7 heteroatoms. The molecule has 22 heavy (non-hydrogen) atoms. The van der Waals surface area contributed by atoms with Crippen molar-refractivity contribution < 1.29 is 14.4 Å². The van der Waals surface area contributed by atoms with E-state index in [1.165, 1.54) is 17.7 Å². The molecule has 0 saturated carbocycles. The van der Waals surface area contributed by atoms with Crippen molar-refractivity contribution >= 4 is 17.7 Å². The van der Waals surface area contributed by atoms with Crippen LogP contribution in [0.1, 0.15) is 42.6 Å². The van der Waals surface area contributed by atoms with Crippen LogP contribution in [0.5, 0.6) is 0 Å². The summed E-state index contributed by atoms with van der Waals surface area (Å²) >= 11 is 0. The highest BCUT2D eigenvalue weighted by Crippen LogP contribution is 2.23. The minimum Gasteiger partial charge on any atom is -0.349 e. The van der Waals surface area contributed by atoms with Gasteiger partial charge >= 0.3 is 0 Å². The molecule has 1 N–H and O–H groups in total. The van der Waals surface area contributed by atoms with Gasteiger partial charge in [0.05, 0.1) is 12.2 Å². The third-order valence-electron chi connectivity index (χ3n) is 4.36. The van der Waals surface area contributed by atoms with E-state index in [0.29, 0.717) is 6.54 Å². The molecule has 0 radical (unpaired) electrons. The number of aryl methyl sites for hydroxylation is 1. The van der Waals surface area contributed by atoms with Gasteiger partial charge in [0.15, 0.2) is 0 Å². The van der Waals surface area contributed by atoms with Gasteiger partial charge in [0.1, 0.15) is 6.54 Å². The molecule has 1 aromatic rings. The van der Waals surface area contributed by atoms with Crippen LogP contribution in [0, 0.1) is 0 Å². The van der Waals surface area contributed by atoms with E-state index in [1.54, 1.807) is 0 Å². The van der Waals surface area contributed by atoms with Crippen LogP contribution in [-0.4, -0.2) is 38.9 Å². The van der Waals surface area contributed by atoms with Crippen molar-refractivity contribution in [3.05, 3.63) is 17.0 Å². The first-order valence-electron chi connectivity index (χ1n) is 7.70. The van der Waals surface area contributed by atoms with Crippen molar-refractivity contribution in [3.8, 4) is 0 Å². The molecular formula is C15H20N4O3. The van der Waals surface area contributed by atoms with E-state index in [1.807, 2.05) is 11.7 Å².